The van der Waals surface area contributed by atoms with Crippen LogP contribution in [0.5, 0.6) is 0 Å². The quantitative estimate of drug-likeness (QED) is 0.461. The number of hydrogen-bond acceptors (Lipinski definition) is 4. The van der Waals surface area contributed by atoms with Crippen LogP contribution in [-0.2, 0) is 19.4 Å². The highest BCUT2D eigenvalue weighted by Gasteiger charge is 2.23. The van der Waals surface area contributed by atoms with Crippen molar-refractivity contribution in [3.05, 3.63) is 0 Å². The Labute approximate surface area is 77.1 Å². The molecule has 0 aromatic heterocycles. The highest BCUT2D eigenvalue weighted by molar-refractivity contribution is 5.73. The molecule has 1 fully saturated rings. The normalized spacial score (nSPS) is 17.9. The van der Waals surface area contributed by atoms with Crippen LogP contribution in [0.1, 0.15) is 39.0 Å². The van der Waals surface area contributed by atoms with Crippen LogP contribution in [0.15, 0.2) is 0 Å². The molecule has 0 unspecified atom stereocenters. The third-order valence-corrected chi connectivity index (χ3v) is 2.18. The molecule has 0 amide bonds. The Hall–Kier alpha value is -1.06. The first-order valence-electron chi connectivity index (χ1n) is 4.59. The highest BCUT2D eigenvalue weighted by Crippen LogP contribution is 2.24. The summed E-state index contributed by atoms with van der Waals surface area (Å²) in [5.74, 6) is -1.08. The van der Waals surface area contributed by atoms with Gasteiger partial charge in [-0.15, -0.1) is 0 Å². The molecule has 1 rings (SSSR count). The van der Waals surface area contributed by atoms with E-state index in [0.29, 0.717) is 0 Å². The van der Waals surface area contributed by atoms with Crippen LogP contribution < -0.4 is 0 Å². The summed E-state index contributed by atoms with van der Waals surface area (Å²) in [6.07, 6.45) is 4.98. The van der Waals surface area contributed by atoms with E-state index < -0.39 is 11.9 Å². The zero-order chi connectivity index (χ0) is 9.68. The van der Waals surface area contributed by atoms with Crippen molar-refractivity contribution in [2.45, 2.75) is 39.0 Å². The van der Waals surface area contributed by atoms with Crippen molar-refractivity contribution < 1.29 is 19.4 Å². The fourth-order valence-corrected chi connectivity index (χ4v) is 1.51. The van der Waals surface area contributed by atoms with Crippen molar-refractivity contribution in [3.8, 4) is 0 Å². The summed E-state index contributed by atoms with van der Waals surface area (Å²) < 4.78 is 0. The van der Waals surface area contributed by atoms with Gasteiger partial charge in [0.2, 0.25) is 0 Å². The topological polar surface area (TPSA) is 52.6 Å². The van der Waals surface area contributed by atoms with E-state index >= 15 is 0 Å². The van der Waals surface area contributed by atoms with Crippen molar-refractivity contribution in [1.82, 2.24) is 0 Å². The molecule has 0 bridgehead atoms. The first kappa shape index (κ1) is 10.0. The van der Waals surface area contributed by atoms with Gasteiger partial charge in [-0.3, -0.25) is 0 Å². The molecule has 0 aromatic rings. The van der Waals surface area contributed by atoms with E-state index in [-0.39, 0.29) is 5.92 Å². The maximum Gasteiger partial charge on any atom is 0.358 e. The minimum absolute atomic E-state index is 0.0758. The molecule has 1 aliphatic carbocycles. The number of rotatable bonds is 1. The molecule has 13 heavy (non-hydrogen) atoms. The number of carbonyl (C=O) groups excluding carboxylic acids is 2. The maximum absolute atomic E-state index is 11.2. The Morgan fingerprint density at radius 2 is 1.69 bits per heavy atom. The molecule has 0 N–H and O–H groups in total. The molecule has 0 aliphatic heterocycles. The van der Waals surface area contributed by atoms with Crippen LogP contribution in [-0.4, -0.2) is 11.9 Å². The van der Waals surface area contributed by atoms with Crippen molar-refractivity contribution in [1.29, 1.82) is 0 Å². The zero-order valence-corrected chi connectivity index (χ0v) is 7.75. The average molecular weight is 186 g/mol. The van der Waals surface area contributed by atoms with Crippen molar-refractivity contribution >= 4 is 11.9 Å². The van der Waals surface area contributed by atoms with E-state index in [4.69, 9.17) is 0 Å². The average Bonchev–Trinajstić information content (AvgIpc) is 2.15. The third kappa shape index (κ3) is 3.44. The predicted molar refractivity (Wildman–Crippen MR) is 44.4 cm³/mol. The molecular formula is C9H14O4. The Balaban J connectivity index is 2.25. The lowest BCUT2D eigenvalue weighted by atomic mass is 9.89. The largest absolute Gasteiger partial charge is 0.358 e. The van der Waals surface area contributed by atoms with Crippen LogP contribution in [0.25, 0.3) is 0 Å². The van der Waals surface area contributed by atoms with Gasteiger partial charge < -0.3 is 0 Å². The molecule has 74 valence electrons. The number of hydrogen-bond donors (Lipinski definition) is 0. The molecule has 4 nitrogen and oxygen atoms in total. The van der Waals surface area contributed by atoms with Crippen LogP contribution in [0.3, 0.4) is 0 Å². The van der Waals surface area contributed by atoms with E-state index in [9.17, 15) is 9.59 Å². The first-order valence-corrected chi connectivity index (χ1v) is 4.59. The van der Waals surface area contributed by atoms with E-state index in [2.05, 4.69) is 9.78 Å². The van der Waals surface area contributed by atoms with E-state index in [1.54, 1.807) is 0 Å². The van der Waals surface area contributed by atoms with Gasteiger partial charge in [0, 0.05) is 6.92 Å². The predicted octanol–water partition coefficient (Wildman–Crippen LogP) is 1.59. The van der Waals surface area contributed by atoms with E-state index in [1.165, 1.54) is 13.3 Å². The SMILES string of the molecule is CC(=O)OOC(=O)C1CCCCC1. The molecule has 0 saturated heterocycles. The lowest BCUT2D eigenvalue weighted by Crippen LogP contribution is -2.21. The summed E-state index contributed by atoms with van der Waals surface area (Å²) in [5, 5.41) is 0. The molecule has 0 atom stereocenters. The molecule has 0 aromatic carbocycles. The Kier molecular flexibility index (Phi) is 3.73. The van der Waals surface area contributed by atoms with Gasteiger partial charge >= 0.3 is 11.9 Å². The fraction of sp³-hybridized carbons (Fsp3) is 0.778. The molecule has 1 aliphatic rings. The maximum atomic E-state index is 11.2. The second kappa shape index (κ2) is 4.84. The highest BCUT2D eigenvalue weighted by atomic mass is 17.2. The van der Waals surface area contributed by atoms with E-state index in [0.717, 1.165) is 25.7 Å². The monoisotopic (exact) mass is 186 g/mol. The Morgan fingerprint density at radius 3 is 2.23 bits per heavy atom. The summed E-state index contributed by atoms with van der Waals surface area (Å²) in [5.41, 5.74) is 0. The van der Waals surface area contributed by atoms with Gasteiger partial charge in [0.25, 0.3) is 0 Å². The van der Waals surface area contributed by atoms with E-state index in [1.807, 2.05) is 0 Å². The summed E-state index contributed by atoms with van der Waals surface area (Å²) >= 11 is 0. The Bertz CT molecular complexity index is 194. The van der Waals surface area contributed by atoms with Crippen LogP contribution in [0, 0.1) is 5.92 Å². The zero-order valence-electron chi connectivity index (χ0n) is 7.75. The molecule has 0 radical (unpaired) electrons. The second-order valence-corrected chi connectivity index (χ2v) is 3.31. The summed E-state index contributed by atoms with van der Waals surface area (Å²) in [7, 11) is 0. The first-order chi connectivity index (χ1) is 6.20. The number of carbonyl (C=O) groups is 2. The van der Waals surface area contributed by atoms with Crippen molar-refractivity contribution in [3.63, 3.8) is 0 Å². The fourth-order valence-electron chi connectivity index (χ4n) is 1.51. The second-order valence-electron chi connectivity index (χ2n) is 3.31. The van der Waals surface area contributed by atoms with Crippen LogP contribution >= 0.6 is 0 Å². The summed E-state index contributed by atoms with van der Waals surface area (Å²) in [6, 6.07) is 0. The van der Waals surface area contributed by atoms with Gasteiger partial charge in [-0.25, -0.2) is 19.4 Å². The molecule has 1 saturated carbocycles. The van der Waals surface area contributed by atoms with Gasteiger partial charge in [-0.05, 0) is 12.8 Å². The smallest absolute Gasteiger partial charge is 0.248 e. The third-order valence-electron chi connectivity index (χ3n) is 2.18. The summed E-state index contributed by atoms with van der Waals surface area (Å²) in [6.45, 7) is 1.20. The van der Waals surface area contributed by atoms with Gasteiger partial charge in [0.15, 0.2) is 0 Å². The van der Waals surface area contributed by atoms with Gasteiger partial charge in [0.05, 0.1) is 5.92 Å². The lowest BCUT2D eigenvalue weighted by molar-refractivity contribution is -0.261. The molecule has 4 heteroatoms. The van der Waals surface area contributed by atoms with Gasteiger partial charge in [0.1, 0.15) is 0 Å². The Morgan fingerprint density at radius 1 is 1.08 bits per heavy atom. The van der Waals surface area contributed by atoms with Crippen LogP contribution in [0.2, 0.25) is 0 Å². The molecular weight excluding hydrogens is 172 g/mol. The van der Waals surface area contributed by atoms with Crippen LogP contribution in [0.4, 0.5) is 0 Å². The lowest BCUT2D eigenvalue weighted by Gasteiger charge is -2.18. The minimum atomic E-state index is -0.593. The summed E-state index contributed by atoms with van der Waals surface area (Å²) in [4.78, 5) is 30.1. The van der Waals surface area contributed by atoms with Crippen molar-refractivity contribution in [2.75, 3.05) is 0 Å². The van der Waals surface area contributed by atoms with Gasteiger partial charge in [-0.1, -0.05) is 19.3 Å². The molecule has 0 spiro atoms. The standard InChI is InChI=1S/C9H14O4/c1-7(10)12-13-9(11)8-5-3-2-4-6-8/h8H,2-6H2,1H3. The molecule has 0 heterocycles. The van der Waals surface area contributed by atoms with Gasteiger partial charge in [-0.2, -0.15) is 0 Å². The minimum Gasteiger partial charge on any atom is -0.248 e. The van der Waals surface area contributed by atoms with Crippen molar-refractivity contribution in [2.24, 2.45) is 5.92 Å².